The lowest BCUT2D eigenvalue weighted by atomic mass is 10.1. The zero-order valence-corrected chi connectivity index (χ0v) is 8.20. The molecule has 0 atom stereocenters. The summed E-state index contributed by atoms with van der Waals surface area (Å²) in [7, 11) is 0. The normalized spacial score (nSPS) is 12.3. The lowest BCUT2D eigenvalue weighted by Crippen LogP contribution is -1.80. The lowest BCUT2D eigenvalue weighted by molar-refractivity contribution is 1.31. The second-order valence-electron chi connectivity index (χ2n) is 2.76. The highest BCUT2D eigenvalue weighted by molar-refractivity contribution is 5.73. The van der Waals surface area contributed by atoms with Crippen molar-refractivity contribution in [2.75, 3.05) is 0 Å². The molecule has 0 aromatic heterocycles. The number of hydrogen-bond donors (Lipinski definition) is 0. The quantitative estimate of drug-likeness (QED) is 0.620. The Morgan fingerprint density at radius 2 is 2.00 bits per heavy atom. The van der Waals surface area contributed by atoms with Gasteiger partial charge in [0, 0.05) is 6.21 Å². The van der Waals surface area contributed by atoms with Crippen LogP contribution in [0, 0.1) is 0 Å². The summed E-state index contributed by atoms with van der Waals surface area (Å²) in [5.74, 6) is 0. The third kappa shape index (κ3) is 2.86. The molecule has 68 valence electrons. The minimum Gasteiger partial charge on any atom is -0.261 e. The van der Waals surface area contributed by atoms with E-state index in [4.69, 9.17) is 0 Å². The molecule has 0 spiro atoms. The summed E-state index contributed by atoms with van der Waals surface area (Å²) < 4.78 is 0. The summed E-state index contributed by atoms with van der Waals surface area (Å²) in [6.07, 6.45) is 4.94. The van der Waals surface area contributed by atoms with E-state index in [9.17, 15) is 0 Å². The van der Waals surface area contributed by atoms with Crippen molar-refractivity contribution in [1.82, 2.24) is 0 Å². The first-order valence-corrected chi connectivity index (χ1v) is 4.62. The molecule has 1 heteroatoms. The van der Waals surface area contributed by atoms with Gasteiger partial charge in [-0.1, -0.05) is 43.3 Å². The van der Waals surface area contributed by atoms with E-state index in [0.29, 0.717) is 0 Å². The van der Waals surface area contributed by atoms with Gasteiger partial charge in [-0.25, -0.2) is 0 Å². The number of nitrogens with zero attached hydrogens (tertiary/aromatic N) is 1. The number of allylic oxidation sites excluding steroid dienone is 1. The third-order valence-corrected chi connectivity index (χ3v) is 1.76. The van der Waals surface area contributed by atoms with E-state index in [1.807, 2.05) is 37.4 Å². The van der Waals surface area contributed by atoms with E-state index in [2.05, 4.69) is 24.0 Å². The molecule has 0 aliphatic heterocycles. The summed E-state index contributed by atoms with van der Waals surface area (Å²) in [5, 5.41) is 0. The van der Waals surface area contributed by atoms with E-state index in [-0.39, 0.29) is 0 Å². The fourth-order valence-corrected chi connectivity index (χ4v) is 1.11. The zero-order valence-electron chi connectivity index (χ0n) is 8.20. The van der Waals surface area contributed by atoms with Gasteiger partial charge < -0.3 is 0 Å². The maximum Gasteiger partial charge on any atom is 0.0655 e. The van der Waals surface area contributed by atoms with E-state index in [1.165, 1.54) is 5.56 Å². The standard InChI is InChI=1S/C12H15N/c1-3-10-13-12(4-2)11-8-6-5-7-9-11/h4-10H,3H2,1-2H3/b12-4-,13-10?. The van der Waals surface area contributed by atoms with Crippen LogP contribution in [0.5, 0.6) is 0 Å². The van der Waals surface area contributed by atoms with Gasteiger partial charge in [-0.3, -0.25) is 4.99 Å². The Hall–Kier alpha value is -1.37. The van der Waals surface area contributed by atoms with Gasteiger partial charge in [0.15, 0.2) is 0 Å². The van der Waals surface area contributed by atoms with Crippen molar-refractivity contribution in [3.63, 3.8) is 0 Å². The molecule has 0 aliphatic rings. The van der Waals surface area contributed by atoms with Crippen molar-refractivity contribution >= 4 is 11.9 Å². The molecule has 0 aliphatic carbocycles. The highest BCUT2D eigenvalue weighted by atomic mass is 14.7. The Morgan fingerprint density at radius 3 is 2.54 bits per heavy atom. The average Bonchev–Trinajstić information content (AvgIpc) is 2.21. The Kier molecular flexibility index (Phi) is 3.97. The van der Waals surface area contributed by atoms with Gasteiger partial charge in [-0.15, -0.1) is 0 Å². The van der Waals surface area contributed by atoms with Crippen LogP contribution >= 0.6 is 0 Å². The number of rotatable bonds is 3. The maximum atomic E-state index is 4.37. The first-order chi connectivity index (χ1) is 6.38. The predicted octanol–water partition coefficient (Wildman–Crippen LogP) is 3.53. The molecule has 0 unspecified atom stereocenters. The minimum absolute atomic E-state index is 0.976. The largest absolute Gasteiger partial charge is 0.261 e. The van der Waals surface area contributed by atoms with Crippen LogP contribution in [0.4, 0.5) is 0 Å². The second kappa shape index (κ2) is 5.31. The molecule has 13 heavy (non-hydrogen) atoms. The van der Waals surface area contributed by atoms with Crippen molar-refractivity contribution in [1.29, 1.82) is 0 Å². The molecular formula is C12H15N. The van der Waals surface area contributed by atoms with Crippen LogP contribution in [0.2, 0.25) is 0 Å². The highest BCUT2D eigenvalue weighted by Gasteiger charge is 1.94. The molecule has 0 bridgehead atoms. The highest BCUT2D eigenvalue weighted by Crippen LogP contribution is 2.14. The van der Waals surface area contributed by atoms with Crippen LogP contribution in [0.15, 0.2) is 41.4 Å². The van der Waals surface area contributed by atoms with Crippen LogP contribution in [0.3, 0.4) is 0 Å². The summed E-state index contributed by atoms with van der Waals surface area (Å²) in [4.78, 5) is 4.37. The summed E-state index contributed by atoms with van der Waals surface area (Å²) in [5.41, 5.74) is 2.22. The van der Waals surface area contributed by atoms with E-state index in [1.54, 1.807) is 0 Å². The van der Waals surface area contributed by atoms with Crippen LogP contribution in [0.25, 0.3) is 5.70 Å². The first kappa shape index (κ1) is 9.72. The number of benzene rings is 1. The Morgan fingerprint density at radius 1 is 1.31 bits per heavy atom. The summed E-state index contributed by atoms with van der Waals surface area (Å²) in [6.45, 7) is 4.09. The van der Waals surface area contributed by atoms with E-state index >= 15 is 0 Å². The molecule has 1 rings (SSSR count). The molecule has 0 N–H and O–H groups in total. The molecule has 0 saturated carbocycles. The lowest BCUT2D eigenvalue weighted by Gasteiger charge is -1.99. The fourth-order valence-electron chi connectivity index (χ4n) is 1.11. The fraction of sp³-hybridized carbons (Fsp3) is 0.250. The van der Waals surface area contributed by atoms with Gasteiger partial charge in [-0.2, -0.15) is 0 Å². The maximum absolute atomic E-state index is 4.37. The average molecular weight is 173 g/mol. The van der Waals surface area contributed by atoms with E-state index < -0.39 is 0 Å². The van der Waals surface area contributed by atoms with Gasteiger partial charge in [0.25, 0.3) is 0 Å². The molecule has 0 heterocycles. The van der Waals surface area contributed by atoms with Crippen LogP contribution < -0.4 is 0 Å². The molecule has 1 aromatic carbocycles. The zero-order chi connectivity index (χ0) is 9.52. The Bertz CT molecular complexity index is 296. The van der Waals surface area contributed by atoms with Crippen LogP contribution in [0.1, 0.15) is 25.8 Å². The first-order valence-electron chi connectivity index (χ1n) is 4.62. The molecule has 0 fully saturated rings. The summed E-state index contributed by atoms with van der Waals surface area (Å²) >= 11 is 0. The SMILES string of the molecule is C/C=C(\N=CCC)c1ccccc1. The monoisotopic (exact) mass is 173 g/mol. The summed E-state index contributed by atoms with van der Waals surface area (Å²) in [6, 6.07) is 10.2. The van der Waals surface area contributed by atoms with Crippen LogP contribution in [-0.4, -0.2) is 6.21 Å². The van der Waals surface area contributed by atoms with Gasteiger partial charge in [0.05, 0.1) is 5.70 Å². The van der Waals surface area contributed by atoms with Crippen molar-refractivity contribution in [2.24, 2.45) is 4.99 Å². The minimum atomic E-state index is 0.976. The molecular weight excluding hydrogens is 158 g/mol. The molecule has 0 radical (unpaired) electrons. The predicted molar refractivity (Wildman–Crippen MR) is 58.9 cm³/mol. The van der Waals surface area contributed by atoms with Crippen molar-refractivity contribution in [3.05, 3.63) is 42.0 Å². The van der Waals surface area contributed by atoms with Crippen molar-refractivity contribution in [2.45, 2.75) is 20.3 Å². The van der Waals surface area contributed by atoms with Crippen molar-refractivity contribution in [3.8, 4) is 0 Å². The topological polar surface area (TPSA) is 12.4 Å². The molecule has 0 amide bonds. The Balaban J connectivity index is 2.87. The van der Waals surface area contributed by atoms with Crippen LogP contribution in [-0.2, 0) is 0 Å². The van der Waals surface area contributed by atoms with Gasteiger partial charge in [0.1, 0.15) is 0 Å². The number of aliphatic imine (C=N–C) groups is 1. The third-order valence-electron chi connectivity index (χ3n) is 1.76. The number of hydrogen-bond acceptors (Lipinski definition) is 1. The van der Waals surface area contributed by atoms with Crippen molar-refractivity contribution < 1.29 is 0 Å². The molecule has 1 aromatic rings. The Labute approximate surface area is 79.8 Å². The molecule has 1 nitrogen and oxygen atoms in total. The second-order valence-corrected chi connectivity index (χ2v) is 2.76. The van der Waals surface area contributed by atoms with Gasteiger partial charge >= 0.3 is 0 Å². The van der Waals surface area contributed by atoms with Gasteiger partial charge in [0.2, 0.25) is 0 Å². The van der Waals surface area contributed by atoms with Gasteiger partial charge in [-0.05, 0) is 18.9 Å². The van der Waals surface area contributed by atoms with E-state index in [0.717, 1.165) is 12.1 Å². The molecule has 0 saturated heterocycles. The smallest absolute Gasteiger partial charge is 0.0655 e.